The molecule has 0 spiro atoms. The van der Waals surface area contributed by atoms with Gasteiger partial charge in [0.05, 0.1) is 5.75 Å². The second-order valence-electron chi connectivity index (χ2n) is 9.22. The maximum absolute atomic E-state index is 12.8. The molecule has 4 rings (SSSR count). The number of anilines is 1. The fraction of sp³-hybridized carbons (Fsp3) is 0.440. The molecule has 0 radical (unpaired) electrons. The number of carbonyl (C=O) groups is 1. The van der Waals surface area contributed by atoms with E-state index >= 15 is 0 Å². The SMILES string of the molecule is CCn1c(SCC(=O)N2CCN(c3ccccn3)CC2)nnc1-c1ccc(C(C)(C)C)cc1. The van der Waals surface area contributed by atoms with Gasteiger partial charge in [-0.05, 0) is 30.0 Å². The third-order valence-corrected chi connectivity index (χ3v) is 6.92. The lowest BCUT2D eigenvalue weighted by atomic mass is 9.87. The fourth-order valence-corrected chi connectivity index (χ4v) is 4.86. The third-order valence-electron chi connectivity index (χ3n) is 5.97. The molecule has 33 heavy (non-hydrogen) atoms. The summed E-state index contributed by atoms with van der Waals surface area (Å²) < 4.78 is 2.09. The zero-order chi connectivity index (χ0) is 23.4. The summed E-state index contributed by atoms with van der Waals surface area (Å²) >= 11 is 1.47. The molecule has 1 saturated heterocycles. The van der Waals surface area contributed by atoms with Crippen molar-refractivity contribution in [1.82, 2.24) is 24.6 Å². The van der Waals surface area contributed by atoms with Crippen molar-refractivity contribution in [3.63, 3.8) is 0 Å². The summed E-state index contributed by atoms with van der Waals surface area (Å²) in [5.41, 5.74) is 2.44. The minimum absolute atomic E-state index is 0.113. The van der Waals surface area contributed by atoms with Gasteiger partial charge in [0.2, 0.25) is 5.91 Å². The molecule has 0 atom stereocenters. The average Bonchev–Trinajstić information content (AvgIpc) is 3.25. The van der Waals surface area contributed by atoms with Gasteiger partial charge in [0.25, 0.3) is 0 Å². The van der Waals surface area contributed by atoms with Crippen molar-refractivity contribution < 1.29 is 4.79 Å². The Labute approximate surface area is 200 Å². The number of amides is 1. The second kappa shape index (κ2) is 9.95. The molecule has 1 amide bonds. The number of pyridine rings is 1. The molecule has 0 saturated carbocycles. The Balaban J connectivity index is 1.36. The molecular formula is C25H32N6OS. The van der Waals surface area contributed by atoms with Gasteiger partial charge in [0.15, 0.2) is 11.0 Å². The minimum Gasteiger partial charge on any atom is -0.353 e. The van der Waals surface area contributed by atoms with E-state index in [2.05, 4.69) is 76.6 Å². The molecule has 0 bridgehead atoms. The molecule has 0 unspecified atom stereocenters. The molecular weight excluding hydrogens is 432 g/mol. The zero-order valence-electron chi connectivity index (χ0n) is 19.9. The van der Waals surface area contributed by atoms with Crippen LogP contribution in [0.3, 0.4) is 0 Å². The Morgan fingerprint density at radius 1 is 1.00 bits per heavy atom. The standard InChI is InChI=1S/C25H32N6OS/c1-5-31-23(19-9-11-20(12-10-19)25(2,3)4)27-28-24(31)33-18-22(32)30-16-14-29(15-17-30)21-8-6-7-13-26-21/h6-13H,5,14-18H2,1-4H3. The first-order chi connectivity index (χ1) is 15.9. The van der Waals surface area contributed by atoms with Crippen LogP contribution >= 0.6 is 11.8 Å². The van der Waals surface area contributed by atoms with Crippen LogP contribution in [0, 0.1) is 0 Å². The van der Waals surface area contributed by atoms with Gasteiger partial charge in [-0.2, -0.15) is 0 Å². The highest BCUT2D eigenvalue weighted by Gasteiger charge is 2.23. The van der Waals surface area contributed by atoms with Crippen molar-refractivity contribution >= 4 is 23.5 Å². The average molecular weight is 465 g/mol. The van der Waals surface area contributed by atoms with E-state index in [4.69, 9.17) is 0 Å². The van der Waals surface area contributed by atoms with Crippen molar-refractivity contribution in [3.8, 4) is 11.4 Å². The third kappa shape index (κ3) is 5.38. The van der Waals surface area contributed by atoms with E-state index in [9.17, 15) is 4.79 Å². The number of carbonyl (C=O) groups excluding carboxylic acids is 1. The number of aromatic nitrogens is 4. The summed E-state index contributed by atoms with van der Waals surface area (Å²) in [4.78, 5) is 21.4. The van der Waals surface area contributed by atoms with Gasteiger partial charge in [-0.1, -0.05) is 62.9 Å². The van der Waals surface area contributed by atoms with Gasteiger partial charge in [-0.25, -0.2) is 4.98 Å². The number of hydrogen-bond donors (Lipinski definition) is 0. The molecule has 3 heterocycles. The van der Waals surface area contributed by atoms with Crippen molar-refractivity contribution in [2.24, 2.45) is 0 Å². The van der Waals surface area contributed by atoms with Gasteiger partial charge in [-0.3, -0.25) is 4.79 Å². The number of hydrogen-bond acceptors (Lipinski definition) is 6. The molecule has 3 aromatic rings. The van der Waals surface area contributed by atoms with Crippen LogP contribution in [0.15, 0.2) is 53.8 Å². The number of rotatable bonds is 6. The monoisotopic (exact) mass is 464 g/mol. The molecule has 174 valence electrons. The molecule has 7 nitrogen and oxygen atoms in total. The summed E-state index contributed by atoms with van der Waals surface area (Å²) in [6.07, 6.45) is 1.81. The number of piperazine rings is 1. The van der Waals surface area contributed by atoms with Crippen LogP contribution in [0.25, 0.3) is 11.4 Å². The van der Waals surface area contributed by atoms with E-state index in [1.807, 2.05) is 23.1 Å². The summed E-state index contributed by atoms with van der Waals surface area (Å²) in [5.74, 6) is 2.32. The van der Waals surface area contributed by atoms with Crippen LogP contribution in [0.5, 0.6) is 0 Å². The van der Waals surface area contributed by atoms with E-state index in [1.165, 1.54) is 17.3 Å². The molecule has 0 N–H and O–H groups in total. The second-order valence-corrected chi connectivity index (χ2v) is 10.2. The Kier molecular flexibility index (Phi) is 7.02. The summed E-state index contributed by atoms with van der Waals surface area (Å²) in [5, 5.41) is 9.61. The van der Waals surface area contributed by atoms with Crippen LogP contribution in [-0.2, 0) is 16.8 Å². The van der Waals surface area contributed by atoms with E-state index in [0.717, 1.165) is 42.0 Å². The van der Waals surface area contributed by atoms with E-state index < -0.39 is 0 Å². The Hall–Kier alpha value is -2.87. The van der Waals surface area contributed by atoms with Gasteiger partial charge in [0.1, 0.15) is 5.82 Å². The van der Waals surface area contributed by atoms with Crippen LogP contribution in [-0.4, -0.2) is 62.5 Å². The molecule has 2 aromatic heterocycles. The first kappa shape index (κ1) is 23.3. The maximum Gasteiger partial charge on any atom is 0.233 e. The zero-order valence-corrected chi connectivity index (χ0v) is 20.7. The Morgan fingerprint density at radius 2 is 1.73 bits per heavy atom. The highest BCUT2D eigenvalue weighted by Crippen LogP contribution is 2.28. The molecule has 1 aliphatic rings. The van der Waals surface area contributed by atoms with Gasteiger partial charge in [0, 0.05) is 44.5 Å². The quantitative estimate of drug-likeness (QED) is 0.512. The lowest BCUT2D eigenvalue weighted by Gasteiger charge is -2.35. The van der Waals surface area contributed by atoms with E-state index in [-0.39, 0.29) is 11.3 Å². The first-order valence-electron chi connectivity index (χ1n) is 11.5. The predicted octanol–water partition coefficient (Wildman–Crippen LogP) is 4.10. The van der Waals surface area contributed by atoms with Crippen molar-refractivity contribution in [2.75, 3.05) is 36.8 Å². The lowest BCUT2D eigenvalue weighted by Crippen LogP contribution is -2.49. The lowest BCUT2D eigenvalue weighted by molar-refractivity contribution is -0.128. The fourth-order valence-electron chi connectivity index (χ4n) is 3.96. The van der Waals surface area contributed by atoms with E-state index in [0.29, 0.717) is 18.8 Å². The molecule has 1 aromatic carbocycles. The van der Waals surface area contributed by atoms with Crippen molar-refractivity contribution in [2.45, 2.75) is 44.8 Å². The first-order valence-corrected chi connectivity index (χ1v) is 12.5. The summed E-state index contributed by atoms with van der Waals surface area (Å²) in [7, 11) is 0. The molecule has 0 aliphatic carbocycles. The van der Waals surface area contributed by atoms with Gasteiger partial charge in [-0.15, -0.1) is 10.2 Å². The van der Waals surface area contributed by atoms with Crippen LogP contribution < -0.4 is 4.90 Å². The largest absolute Gasteiger partial charge is 0.353 e. The summed E-state index contributed by atoms with van der Waals surface area (Å²) in [6, 6.07) is 14.5. The van der Waals surface area contributed by atoms with Crippen molar-refractivity contribution in [1.29, 1.82) is 0 Å². The van der Waals surface area contributed by atoms with Crippen molar-refractivity contribution in [3.05, 3.63) is 54.2 Å². The number of benzene rings is 1. The van der Waals surface area contributed by atoms with E-state index in [1.54, 1.807) is 6.20 Å². The normalized spacial score (nSPS) is 14.5. The van der Waals surface area contributed by atoms with Crippen LogP contribution in [0.2, 0.25) is 0 Å². The molecule has 8 heteroatoms. The Bertz CT molecular complexity index is 1070. The summed E-state index contributed by atoms with van der Waals surface area (Å²) in [6.45, 7) is 12.5. The Morgan fingerprint density at radius 3 is 2.33 bits per heavy atom. The maximum atomic E-state index is 12.8. The topological polar surface area (TPSA) is 67.2 Å². The van der Waals surface area contributed by atoms with Crippen LogP contribution in [0.4, 0.5) is 5.82 Å². The smallest absolute Gasteiger partial charge is 0.233 e. The van der Waals surface area contributed by atoms with Crippen LogP contribution in [0.1, 0.15) is 33.3 Å². The highest BCUT2D eigenvalue weighted by atomic mass is 32.2. The number of nitrogens with zero attached hydrogens (tertiary/aromatic N) is 6. The van der Waals surface area contributed by atoms with Gasteiger partial charge < -0.3 is 14.4 Å². The minimum atomic E-state index is 0.113. The van der Waals surface area contributed by atoms with Gasteiger partial charge >= 0.3 is 0 Å². The molecule has 1 fully saturated rings. The number of thioether (sulfide) groups is 1. The highest BCUT2D eigenvalue weighted by molar-refractivity contribution is 7.99. The predicted molar refractivity (Wildman–Crippen MR) is 134 cm³/mol. The molecule has 1 aliphatic heterocycles.